The number of thioether (sulfide) groups is 4. The molecule has 0 saturated heterocycles. The summed E-state index contributed by atoms with van der Waals surface area (Å²) >= 11 is 8.63. The molecule has 32 heavy (non-hydrogen) atoms. The van der Waals surface area contributed by atoms with Crippen molar-refractivity contribution in [3.63, 3.8) is 0 Å². The van der Waals surface area contributed by atoms with Gasteiger partial charge in [-0.15, -0.1) is 0 Å². The number of hydrogen-bond acceptors (Lipinski definition) is 6. The van der Waals surface area contributed by atoms with Gasteiger partial charge >= 0.3 is 225 Å². The fourth-order valence-corrected chi connectivity index (χ4v) is 18.0. The number of fused-ring (bicyclic) bond motifs is 1. The van der Waals surface area contributed by atoms with Crippen LogP contribution in [0, 0.1) is 22.7 Å². The minimum absolute atomic E-state index is 0.266. The predicted molar refractivity (Wildman–Crippen MR) is 149 cm³/mol. The van der Waals surface area contributed by atoms with Gasteiger partial charge in [0.15, 0.2) is 0 Å². The Kier molecular flexibility index (Phi) is 11.1. The fourth-order valence-electron chi connectivity index (χ4n) is 3.38. The van der Waals surface area contributed by atoms with Crippen molar-refractivity contribution in [2.45, 2.75) is 66.2 Å². The molecule has 0 spiro atoms. The first-order valence-electron chi connectivity index (χ1n) is 11.1. The first-order valence-corrected chi connectivity index (χ1v) is 18.1. The Morgan fingerprint density at radius 1 is 0.750 bits per heavy atom. The van der Waals surface area contributed by atoms with E-state index in [1.807, 2.05) is 47.0 Å². The normalized spacial score (nSPS) is 15.3. The Bertz CT molecular complexity index is 942. The summed E-state index contributed by atoms with van der Waals surface area (Å²) in [6.07, 6.45) is 6.69. The van der Waals surface area contributed by atoms with Gasteiger partial charge in [0.1, 0.15) is 0 Å². The molecule has 2 aliphatic heterocycles. The average molecular weight is 631 g/mol. The van der Waals surface area contributed by atoms with Crippen LogP contribution in [-0.2, 0) is 12.8 Å². The molecule has 0 unspecified atom stereocenters. The molecule has 0 aromatic heterocycles. The number of nitriles is 2. The molecule has 8 heteroatoms. The van der Waals surface area contributed by atoms with Crippen LogP contribution in [0.15, 0.2) is 16.1 Å². The van der Waals surface area contributed by atoms with E-state index in [1.165, 1.54) is 58.8 Å². The van der Waals surface area contributed by atoms with E-state index in [0.29, 0.717) is 11.1 Å². The zero-order valence-corrected chi connectivity index (χ0v) is 25.7. The van der Waals surface area contributed by atoms with Gasteiger partial charge < -0.3 is 0 Å². The Hall–Kier alpha value is 0.119. The van der Waals surface area contributed by atoms with Gasteiger partial charge in [-0.05, 0) is 0 Å². The molecule has 3 rings (SSSR count). The van der Waals surface area contributed by atoms with Crippen LogP contribution in [0.25, 0.3) is 0 Å². The number of rotatable bonds is 10. The molecule has 0 atom stereocenters. The summed E-state index contributed by atoms with van der Waals surface area (Å²) < 4.78 is 8.97. The molecule has 1 aromatic rings. The molecule has 0 aliphatic carbocycles. The van der Waals surface area contributed by atoms with E-state index < -0.39 is 0 Å². The molecule has 0 amide bonds. The standard InChI is InChI=1S/C24H28N2S4Se2/c1-5-9-11-27-21-22(28-12-10-6-2)30-23(29-21)24-31-19-15(7-3)17(13-25)18(14-26)16(8-4)20(19)32-24/h5-12H2,1-4H3. The number of benzene rings is 1. The first-order chi connectivity index (χ1) is 15.6. The van der Waals surface area contributed by atoms with Crippen molar-refractivity contribution in [2.75, 3.05) is 11.5 Å². The van der Waals surface area contributed by atoms with Crippen LogP contribution in [0.2, 0.25) is 0 Å². The van der Waals surface area contributed by atoms with Gasteiger partial charge in [-0.3, -0.25) is 0 Å². The van der Waals surface area contributed by atoms with Gasteiger partial charge in [0.05, 0.1) is 0 Å². The van der Waals surface area contributed by atoms with Gasteiger partial charge in [0, 0.05) is 0 Å². The topological polar surface area (TPSA) is 47.6 Å². The zero-order valence-electron chi connectivity index (χ0n) is 19.0. The molecular formula is C24H28N2S4Se2. The number of unbranched alkanes of at least 4 members (excludes halogenated alkanes) is 2. The van der Waals surface area contributed by atoms with Crippen LogP contribution in [-0.4, -0.2) is 41.4 Å². The van der Waals surface area contributed by atoms with Gasteiger partial charge in [0.25, 0.3) is 0 Å². The summed E-state index contributed by atoms with van der Waals surface area (Å²) in [6.45, 7) is 8.78. The van der Waals surface area contributed by atoms with E-state index in [0.717, 1.165) is 24.0 Å². The quantitative estimate of drug-likeness (QED) is 0.233. The average Bonchev–Trinajstić information content (AvgIpc) is 3.42. The third-order valence-electron chi connectivity index (χ3n) is 5.09. The SMILES string of the molecule is CCCCSC1=C(SCCCC)SC(=C2[Se]c3c(CC)c(C#N)c(C#N)c(CC)c3[Se]2)S1. The van der Waals surface area contributed by atoms with Crippen LogP contribution < -0.4 is 8.92 Å². The molecule has 2 aliphatic rings. The molecular weight excluding hydrogens is 602 g/mol. The van der Waals surface area contributed by atoms with E-state index in [2.05, 4.69) is 39.8 Å². The second-order valence-corrected chi connectivity index (χ2v) is 17.9. The van der Waals surface area contributed by atoms with Crippen molar-refractivity contribution >= 4 is 85.9 Å². The number of nitrogens with zero attached hydrogens (tertiary/aromatic N) is 2. The van der Waals surface area contributed by atoms with Crippen molar-refractivity contribution < 1.29 is 0 Å². The van der Waals surface area contributed by atoms with Crippen LogP contribution in [0.1, 0.15) is 75.6 Å². The van der Waals surface area contributed by atoms with E-state index in [4.69, 9.17) is 0 Å². The third-order valence-corrected chi connectivity index (χ3v) is 18.8. The van der Waals surface area contributed by atoms with Crippen molar-refractivity contribution in [2.24, 2.45) is 0 Å². The second-order valence-electron chi connectivity index (χ2n) is 7.26. The first kappa shape index (κ1) is 26.7. The summed E-state index contributed by atoms with van der Waals surface area (Å²) in [5.74, 6) is 2.40. The van der Waals surface area contributed by atoms with Crippen molar-refractivity contribution in [3.05, 3.63) is 38.3 Å². The zero-order chi connectivity index (χ0) is 23.1. The van der Waals surface area contributed by atoms with Crippen LogP contribution in [0.5, 0.6) is 0 Å². The van der Waals surface area contributed by atoms with Crippen molar-refractivity contribution in [1.29, 1.82) is 10.5 Å². The summed E-state index contributed by atoms with van der Waals surface area (Å²) in [5, 5.41) is 19.7. The molecule has 2 heterocycles. The summed E-state index contributed by atoms with van der Waals surface area (Å²) in [6, 6.07) is 4.76. The Balaban J connectivity index is 1.94. The summed E-state index contributed by atoms with van der Waals surface area (Å²) in [5.41, 5.74) is 3.58. The second kappa shape index (κ2) is 13.3. The summed E-state index contributed by atoms with van der Waals surface area (Å²) in [4.78, 5) is 0. The molecule has 0 bridgehead atoms. The Morgan fingerprint density at radius 3 is 1.53 bits per heavy atom. The van der Waals surface area contributed by atoms with Gasteiger partial charge in [-0.2, -0.15) is 0 Å². The molecule has 2 nitrogen and oxygen atoms in total. The molecule has 0 fully saturated rings. The molecule has 0 radical (unpaired) electrons. The Labute approximate surface area is 222 Å². The molecule has 170 valence electrons. The van der Waals surface area contributed by atoms with Gasteiger partial charge in [-0.25, -0.2) is 0 Å². The molecule has 0 N–H and O–H groups in total. The van der Waals surface area contributed by atoms with Crippen LogP contribution in [0.3, 0.4) is 0 Å². The Morgan fingerprint density at radius 2 is 1.19 bits per heavy atom. The predicted octanol–water partition coefficient (Wildman–Crippen LogP) is 6.03. The number of hydrogen-bond donors (Lipinski definition) is 0. The van der Waals surface area contributed by atoms with Crippen LogP contribution >= 0.6 is 47.0 Å². The maximum atomic E-state index is 9.84. The monoisotopic (exact) mass is 632 g/mol. The van der Waals surface area contributed by atoms with Gasteiger partial charge in [-0.1, -0.05) is 0 Å². The van der Waals surface area contributed by atoms with Crippen molar-refractivity contribution in [1.82, 2.24) is 0 Å². The van der Waals surface area contributed by atoms with E-state index >= 15 is 0 Å². The fraction of sp³-hybridized carbons (Fsp3) is 0.500. The van der Waals surface area contributed by atoms with Crippen LogP contribution in [0.4, 0.5) is 0 Å². The van der Waals surface area contributed by atoms with E-state index in [-0.39, 0.29) is 29.9 Å². The maximum absolute atomic E-state index is 9.84. The minimum atomic E-state index is 0.266. The molecule has 0 saturated carbocycles. The summed E-state index contributed by atoms with van der Waals surface area (Å²) in [7, 11) is 0. The third kappa shape index (κ3) is 5.84. The van der Waals surface area contributed by atoms with Gasteiger partial charge in [0.2, 0.25) is 0 Å². The van der Waals surface area contributed by atoms with E-state index in [1.54, 1.807) is 3.37 Å². The van der Waals surface area contributed by atoms with Crippen molar-refractivity contribution in [3.8, 4) is 12.1 Å². The van der Waals surface area contributed by atoms with E-state index in [9.17, 15) is 10.5 Å². The molecule has 1 aromatic carbocycles.